The average molecular weight is 252 g/mol. The fourth-order valence-electron chi connectivity index (χ4n) is 1.23. The lowest BCUT2D eigenvalue weighted by molar-refractivity contribution is -0.157. The van der Waals surface area contributed by atoms with E-state index < -0.39 is 11.6 Å². The van der Waals surface area contributed by atoms with Crippen LogP contribution in [0.2, 0.25) is 0 Å². The van der Waals surface area contributed by atoms with Gasteiger partial charge in [-0.05, 0) is 45.0 Å². The highest BCUT2D eigenvalue weighted by Crippen LogP contribution is 2.19. The molecule has 0 radical (unpaired) electrons. The number of hydrogen-bond donors (Lipinski definition) is 0. The third-order valence-electron chi connectivity index (χ3n) is 2.22. The molecular formula is C14H17FO3. The van der Waals surface area contributed by atoms with Crippen molar-refractivity contribution in [1.82, 2.24) is 0 Å². The molecule has 4 heteroatoms. The van der Waals surface area contributed by atoms with E-state index in [9.17, 15) is 9.18 Å². The molecule has 0 aliphatic heterocycles. The monoisotopic (exact) mass is 252 g/mol. The quantitative estimate of drug-likeness (QED) is 0.596. The molecule has 0 aromatic heterocycles. The first-order chi connectivity index (χ1) is 8.45. The van der Waals surface area contributed by atoms with Crippen LogP contribution in [-0.2, 0) is 9.53 Å². The largest absolute Gasteiger partial charge is 0.476 e. The van der Waals surface area contributed by atoms with Crippen LogP contribution in [0.15, 0.2) is 36.4 Å². The summed E-state index contributed by atoms with van der Waals surface area (Å²) < 4.78 is 23.2. The Morgan fingerprint density at radius 1 is 1.33 bits per heavy atom. The van der Waals surface area contributed by atoms with Gasteiger partial charge in [0.15, 0.2) is 5.60 Å². The molecule has 0 aliphatic rings. The summed E-state index contributed by atoms with van der Waals surface area (Å²) >= 11 is 0. The zero-order chi connectivity index (χ0) is 13.6. The van der Waals surface area contributed by atoms with E-state index in [0.29, 0.717) is 5.75 Å². The van der Waals surface area contributed by atoms with E-state index >= 15 is 0 Å². The zero-order valence-electron chi connectivity index (χ0n) is 10.8. The molecule has 0 fully saturated rings. The highest BCUT2D eigenvalue weighted by Gasteiger charge is 2.31. The van der Waals surface area contributed by atoms with Crippen LogP contribution in [0.5, 0.6) is 5.75 Å². The van der Waals surface area contributed by atoms with Gasteiger partial charge in [0.2, 0.25) is 0 Å². The molecule has 98 valence electrons. The minimum Gasteiger partial charge on any atom is -0.476 e. The van der Waals surface area contributed by atoms with Gasteiger partial charge in [-0.1, -0.05) is 12.2 Å². The maximum Gasteiger partial charge on any atom is 0.350 e. The van der Waals surface area contributed by atoms with Crippen LogP contribution in [0, 0.1) is 5.82 Å². The molecule has 1 aromatic rings. The van der Waals surface area contributed by atoms with E-state index in [1.807, 2.05) is 6.92 Å². The molecule has 0 bridgehead atoms. The van der Waals surface area contributed by atoms with Gasteiger partial charge in [0.05, 0.1) is 0 Å². The number of allylic oxidation sites excluding steroid dienone is 1. The first-order valence-corrected chi connectivity index (χ1v) is 5.68. The molecule has 0 spiro atoms. The number of benzene rings is 1. The second-order valence-corrected chi connectivity index (χ2v) is 4.23. The topological polar surface area (TPSA) is 35.5 Å². The summed E-state index contributed by atoms with van der Waals surface area (Å²) in [6, 6.07) is 5.49. The van der Waals surface area contributed by atoms with E-state index in [4.69, 9.17) is 9.47 Å². The predicted molar refractivity (Wildman–Crippen MR) is 66.9 cm³/mol. The number of ether oxygens (including phenoxy) is 2. The van der Waals surface area contributed by atoms with Gasteiger partial charge in [-0.25, -0.2) is 9.18 Å². The molecular weight excluding hydrogens is 235 g/mol. The first-order valence-electron chi connectivity index (χ1n) is 5.68. The maximum absolute atomic E-state index is 12.7. The Labute approximate surface area is 106 Å². The van der Waals surface area contributed by atoms with Gasteiger partial charge in [-0.3, -0.25) is 0 Å². The Hall–Kier alpha value is -1.84. The van der Waals surface area contributed by atoms with Gasteiger partial charge in [0, 0.05) is 0 Å². The zero-order valence-corrected chi connectivity index (χ0v) is 10.8. The van der Waals surface area contributed by atoms with Crippen molar-refractivity contribution in [1.29, 1.82) is 0 Å². The van der Waals surface area contributed by atoms with Crippen molar-refractivity contribution < 1.29 is 18.7 Å². The van der Waals surface area contributed by atoms with Gasteiger partial charge in [-0.15, -0.1) is 0 Å². The lowest BCUT2D eigenvalue weighted by Gasteiger charge is -2.24. The van der Waals surface area contributed by atoms with Crippen molar-refractivity contribution in [3.63, 3.8) is 0 Å². The molecule has 0 atom stereocenters. The molecule has 0 saturated carbocycles. The lowest BCUT2D eigenvalue weighted by Crippen LogP contribution is -2.39. The van der Waals surface area contributed by atoms with E-state index in [0.717, 1.165) is 0 Å². The van der Waals surface area contributed by atoms with Crippen LogP contribution in [-0.4, -0.2) is 18.2 Å². The van der Waals surface area contributed by atoms with E-state index in [-0.39, 0.29) is 12.4 Å². The average Bonchev–Trinajstić information content (AvgIpc) is 2.32. The molecule has 0 heterocycles. The van der Waals surface area contributed by atoms with Crippen molar-refractivity contribution in [2.24, 2.45) is 0 Å². The Balaban J connectivity index is 2.62. The summed E-state index contributed by atoms with van der Waals surface area (Å²) in [6.07, 6.45) is 3.52. The normalized spacial score (nSPS) is 11.6. The molecule has 3 nitrogen and oxygen atoms in total. The van der Waals surface area contributed by atoms with Crippen LogP contribution in [0.3, 0.4) is 0 Å². The van der Waals surface area contributed by atoms with Crippen molar-refractivity contribution in [3.8, 4) is 5.75 Å². The van der Waals surface area contributed by atoms with E-state index in [2.05, 4.69) is 0 Å². The highest BCUT2D eigenvalue weighted by atomic mass is 19.1. The standard InChI is InChI=1S/C14H17FO3/c1-4-5-10-17-13(16)14(2,3)18-12-8-6-11(15)7-9-12/h4-9H,10H2,1-3H3/b5-4+. The summed E-state index contributed by atoms with van der Waals surface area (Å²) in [7, 11) is 0. The minimum absolute atomic E-state index is 0.214. The highest BCUT2D eigenvalue weighted by molar-refractivity contribution is 5.79. The molecule has 0 saturated heterocycles. The van der Waals surface area contributed by atoms with Crippen LogP contribution in [0.4, 0.5) is 4.39 Å². The fraction of sp³-hybridized carbons (Fsp3) is 0.357. The van der Waals surface area contributed by atoms with Crippen molar-refractivity contribution in [2.45, 2.75) is 26.4 Å². The smallest absolute Gasteiger partial charge is 0.350 e. The van der Waals surface area contributed by atoms with Crippen LogP contribution in [0.1, 0.15) is 20.8 Å². The molecule has 0 N–H and O–H groups in total. The third kappa shape index (κ3) is 4.20. The van der Waals surface area contributed by atoms with Crippen molar-refractivity contribution >= 4 is 5.97 Å². The number of carbonyl (C=O) groups is 1. The second-order valence-electron chi connectivity index (χ2n) is 4.23. The third-order valence-corrected chi connectivity index (χ3v) is 2.22. The summed E-state index contributed by atoms with van der Waals surface area (Å²) in [5, 5.41) is 0. The molecule has 1 aromatic carbocycles. The molecule has 0 aliphatic carbocycles. The molecule has 0 amide bonds. The number of hydrogen-bond acceptors (Lipinski definition) is 3. The number of carbonyl (C=O) groups excluding carboxylic acids is 1. The number of rotatable bonds is 5. The van der Waals surface area contributed by atoms with Crippen LogP contribution < -0.4 is 4.74 Å². The van der Waals surface area contributed by atoms with Crippen LogP contribution >= 0.6 is 0 Å². The van der Waals surface area contributed by atoms with Gasteiger partial charge in [0.25, 0.3) is 0 Å². The van der Waals surface area contributed by atoms with E-state index in [1.54, 1.807) is 26.0 Å². The Morgan fingerprint density at radius 3 is 2.50 bits per heavy atom. The molecule has 0 unspecified atom stereocenters. The summed E-state index contributed by atoms with van der Waals surface area (Å²) in [4.78, 5) is 11.8. The van der Waals surface area contributed by atoms with Crippen molar-refractivity contribution in [3.05, 3.63) is 42.2 Å². The summed E-state index contributed by atoms with van der Waals surface area (Å²) in [5.41, 5.74) is -1.11. The molecule has 1 rings (SSSR count). The van der Waals surface area contributed by atoms with Gasteiger partial charge < -0.3 is 9.47 Å². The Kier molecular flexibility index (Phi) is 4.89. The maximum atomic E-state index is 12.7. The lowest BCUT2D eigenvalue weighted by atomic mass is 10.1. The van der Waals surface area contributed by atoms with Gasteiger partial charge in [-0.2, -0.15) is 0 Å². The number of esters is 1. The van der Waals surface area contributed by atoms with Crippen molar-refractivity contribution in [2.75, 3.05) is 6.61 Å². The predicted octanol–water partition coefficient (Wildman–Crippen LogP) is 3.10. The second kappa shape index (κ2) is 6.19. The summed E-state index contributed by atoms with van der Waals surface area (Å²) in [5.74, 6) is -0.398. The fourth-order valence-corrected chi connectivity index (χ4v) is 1.23. The Bertz CT molecular complexity index is 421. The minimum atomic E-state index is -1.11. The van der Waals surface area contributed by atoms with Gasteiger partial charge in [0.1, 0.15) is 18.2 Å². The van der Waals surface area contributed by atoms with Crippen LogP contribution in [0.25, 0.3) is 0 Å². The SMILES string of the molecule is C/C=C/COC(=O)C(C)(C)Oc1ccc(F)cc1. The number of halogens is 1. The first kappa shape index (κ1) is 14.2. The molecule has 18 heavy (non-hydrogen) atoms. The Morgan fingerprint density at radius 2 is 1.94 bits per heavy atom. The summed E-state index contributed by atoms with van der Waals surface area (Å²) in [6.45, 7) is 5.27. The van der Waals surface area contributed by atoms with E-state index in [1.165, 1.54) is 24.3 Å². The van der Waals surface area contributed by atoms with Gasteiger partial charge >= 0.3 is 5.97 Å².